The Labute approximate surface area is 119 Å². The molecule has 3 nitrogen and oxygen atoms in total. The minimum Gasteiger partial charge on any atom is -0.351 e. The van der Waals surface area contributed by atoms with Crippen molar-refractivity contribution in [3.8, 4) is 0 Å². The van der Waals surface area contributed by atoms with Crippen molar-refractivity contribution in [2.24, 2.45) is 0 Å². The van der Waals surface area contributed by atoms with Gasteiger partial charge in [0.2, 0.25) is 0 Å². The van der Waals surface area contributed by atoms with Crippen molar-refractivity contribution in [1.29, 1.82) is 0 Å². The van der Waals surface area contributed by atoms with Gasteiger partial charge in [0.1, 0.15) is 17.3 Å². The first-order valence-electron chi connectivity index (χ1n) is 6.39. The van der Waals surface area contributed by atoms with E-state index in [1.807, 2.05) is 0 Å². The third-order valence-electron chi connectivity index (χ3n) is 3.28. The summed E-state index contributed by atoms with van der Waals surface area (Å²) in [5, 5.41) is 3.25. The van der Waals surface area contributed by atoms with Crippen LogP contribution in [0.2, 0.25) is 0 Å². The molecule has 106 valence electrons. The number of hydrogen-bond acceptors (Lipinski definition) is 1. The molecule has 0 aliphatic heterocycles. The molecule has 3 aromatic rings. The Morgan fingerprint density at radius 3 is 2.57 bits per heavy atom. The fourth-order valence-electron chi connectivity index (χ4n) is 2.14. The van der Waals surface area contributed by atoms with Crippen molar-refractivity contribution in [3.05, 3.63) is 65.4 Å². The highest BCUT2D eigenvalue weighted by Crippen LogP contribution is 2.20. The van der Waals surface area contributed by atoms with Gasteiger partial charge in [0.15, 0.2) is 0 Å². The molecule has 1 aromatic heterocycles. The molecule has 5 heteroatoms. The summed E-state index contributed by atoms with van der Waals surface area (Å²) in [6.07, 6.45) is 0. The average molecular weight is 286 g/mol. The van der Waals surface area contributed by atoms with Crippen molar-refractivity contribution in [1.82, 2.24) is 4.98 Å². The zero-order chi connectivity index (χ0) is 15.0. The minimum atomic E-state index is -0.422. The van der Waals surface area contributed by atoms with Crippen LogP contribution in [0.25, 0.3) is 10.9 Å². The normalized spacial score (nSPS) is 10.8. The van der Waals surface area contributed by atoms with Gasteiger partial charge in [-0.3, -0.25) is 4.79 Å². The number of H-pyrrole nitrogens is 1. The molecule has 2 N–H and O–H groups in total. The Bertz CT molecular complexity index is 839. The van der Waals surface area contributed by atoms with E-state index in [9.17, 15) is 13.6 Å². The van der Waals surface area contributed by atoms with Gasteiger partial charge in [-0.25, -0.2) is 8.78 Å². The van der Waals surface area contributed by atoms with E-state index in [2.05, 4.69) is 10.3 Å². The lowest BCUT2D eigenvalue weighted by atomic mass is 10.2. The van der Waals surface area contributed by atoms with E-state index in [-0.39, 0.29) is 5.82 Å². The van der Waals surface area contributed by atoms with Crippen molar-refractivity contribution in [2.75, 3.05) is 5.32 Å². The molecule has 0 aliphatic rings. The van der Waals surface area contributed by atoms with Gasteiger partial charge in [0, 0.05) is 16.6 Å². The number of nitrogens with one attached hydrogen (secondary N) is 2. The second-order valence-corrected chi connectivity index (χ2v) is 4.83. The molecule has 0 spiro atoms. The number of amides is 1. The summed E-state index contributed by atoms with van der Waals surface area (Å²) in [5.74, 6) is -1.19. The summed E-state index contributed by atoms with van der Waals surface area (Å²) >= 11 is 0. The quantitative estimate of drug-likeness (QED) is 0.734. The molecule has 1 heterocycles. The number of rotatable bonds is 2. The molecule has 0 atom stereocenters. The van der Waals surface area contributed by atoms with Crippen molar-refractivity contribution < 1.29 is 13.6 Å². The maximum absolute atomic E-state index is 13.2. The summed E-state index contributed by atoms with van der Waals surface area (Å²) < 4.78 is 26.3. The molecule has 0 radical (unpaired) electrons. The Morgan fingerprint density at radius 1 is 1.05 bits per heavy atom. The molecule has 21 heavy (non-hydrogen) atoms. The smallest absolute Gasteiger partial charge is 0.272 e. The van der Waals surface area contributed by atoms with E-state index in [1.54, 1.807) is 25.1 Å². The molecule has 0 fully saturated rings. The highest BCUT2D eigenvalue weighted by Gasteiger charge is 2.11. The second kappa shape index (κ2) is 5.01. The predicted octanol–water partition coefficient (Wildman–Crippen LogP) is 4.01. The number of aromatic nitrogens is 1. The number of carbonyl (C=O) groups excluding carboxylic acids is 1. The topological polar surface area (TPSA) is 44.9 Å². The number of aryl methyl sites for hydroxylation is 1. The Kier molecular flexibility index (Phi) is 3.17. The van der Waals surface area contributed by atoms with Crippen LogP contribution in [0.3, 0.4) is 0 Å². The van der Waals surface area contributed by atoms with E-state index in [4.69, 9.17) is 0 Å². The fraction of sp³-hybridized carbons (Fsp3) is 0.0625. The van der Waals surface area contributed by atoms with Crippen LogP contribution in [-0.2, 0) is 0 Å². The lowest BCUT2D eigenvalue weighted by molar-refractivity contribution is 0.102. The third kappa shape index (κ3) is 2.63. The van der Waals surface area contributed by atoms with Gasteiger partial charge in [-0.2, -0.15) is 0 Å². The van der Waals surface area contributed by atoms with E-state index < -0.39 is 11.7 Å². The lowest BCUT2D eigenvalue weighted by Gasteiger charge is -2.07. The van der Waals surface area contributed by atoms with Gasteiger partial charge in [-0.15, -0.1) is 0 Å². The maximum Gasteiger partial charge on any atom is 0.272 e. The van der Waals surface area contributed by atoms with Gasteiger partial charge in [0.05, 0.1) is 0 Å². The van der Waals surface area contributed by atoms with Crippen LogP contribution in [0.15, 0.2) is 42.5 Å². The third-order valence-corrected chi connectivity index (χ3v) is 3.28. The molecular weight excluding hydrogens is 274 g/mol. The average Bonchev–Trinajstić information content (AvgIpc) is 2.86. The fourth-order valence-corrected chi connectivity index (χ4v) is 2.14. The summed E-state index contributed by atoms with van der Waals surface area (Å²) in [5.41, 5.74) is 2.12. The molecule has 0 aliphatic carbocycles. The highest BCUT2D eigenvalue weighted by molar-refractivity contribution is 6.06. The largest absolute Gasteiger partial charge is 0.351 e. The number of anilines is 1. The van der Waals surface area contributed by atoms with Gasteiger partial charge in [-0.05, 0) is 48.9 Å². The first kappa shape index (κ1) is 13.3. The Balaban J connectivity index is 1.91. The van der Waals surface area contributed by atoms with Crippen LogP contribution in [0, 0.1) is 18.6 Å². The van der Waals surface area contributed by atoms with Crippen molar-refractivity contribution in [2.45, 2.75) is 6.92 Å². The van der Waals surface area contributed by atoms with Crippen LogP contribution >= 0.6 is 0 Å². The van der Waals surface area contributed by atoms with Gasteiger partial charge >= 0.3 is 0 Å². The number of aromatic amines is 1. The molecular formula is C16H12F2N2O. The Hall–Kier alpha value is -2.69. The molecule has 0 bridgehead atoms. The van der Waals surface area contributed by atoms with Crippen molar-refractivity contribution >= 4 is 22.5 Å². The highest BCUT2D eigenvalue weighted by atomic mass is 19.1. The molecule has 0 saturated carbocycles. The Morgan fingerprint density at radius 2 is 1.76 bits per heavy atom. The molecule has 0 unspecified atom stereocenters. The number of hydrogen-bond donors (Lipinski definition) is 2. The van der Waals surface area contributed by atoms with Gasteiger partial charge in [0.25, 0.3) is 5.91 Å². The van der Waals surface area contributed by atoms with Gasteiger partial charge in [-0.1, -0.05) is 6.07 Å². The van der Waals surface area contributed by atoms with Crippen molar-refractivity contribution in [3.63, 3.8) is 0 Å². The maximum atomic E-state index is 13.2. The van der Waals surface area contributed by atoms with E-state index >= 15 is 0 Å². The molecule has 2 aromatic carbocycles. The number of carbonyl (C=O) groups is 1. The summed E-state index contributed by atoms with van der Waals surface area (Å²) in [7, 11) is 0. The zero-order valence-electron chi connectivity index (χ0n) is 11.2. The van der Waals surface area contributed by atoms with Crippen LogP contribution < -0.4 is 5.32 Å². The SMILES string of the molecule is Cc1ccc(F)cc1NC(=O)c1cc2cc(F)ccc2[nH]1. The summed E-state index contributed by atoms with van der Waals surface area (Å²) in [6.45, 7) is 1.77. The van der Waals surface area contributed by atoms with Crippen LogP contribution in [0.5, 0.6) is 0 Å². The summed E-state index contributed by atoms with van der Waals surface area (Å²) in [4.78, 5) is 15.1. The number of fused-ring (bicyclic) bond motifs is 1. The molecule has 3 rings (SSSR count). The minimum absolute atomic E-state index is 0.291. The molecule has 0 saturated heterocycles. The van der Waals surface area contributed by atoms with Crippen LogP contribution in [0.4, 0.5) is 14.5 Å². The van der Waals surface area contributed by atoms with Crippen LogP contribution in [0.1, 0.15) is 16.1 Å². The number of benzene rings is 2. The van der Waals surface area contributed by atoms with E-state index in [0.717, 1.165) is 5.56 Å². The standard InChI is InChI=1S/C16H12F2N2O/c1-9-2-3-12(18)8-14(9)20-16(21)15-7-10-6-11(17)4-5-13(10)19-15/h2-8,19H,1H3,(H,20,21). The first-order valence-corrected chi connectivity index (χ1v) is 6.39. The van der Waals surface area contributed by atoms with E-state index in [0.29, 0.717) is 22.3 Å². The number of halogens is 2. The van der Waals surface area contributed by atoms with Gasteiger partial charge < -0.3 is 10.3 Å². The zero-order valence-corrected chi connectivity index (χ0v) is 11.2. The van der Waals surface area contributed by atoms with E-state index in [1.165, 1.54) is 24.3 Å². The monoisotopic (exact) mass is 286 g/mol. The second-order valence-electron chi connectivity index (χ2n) is 4.83. The predicted molar refractivity (Wildman–Crippen MR) is 77.3 cm³/mol. The lowest BCUT2D eigenvalue weighted by Crippen LogP contribution is -2.13. The van der Waals surface area contributed by atoms with Crippen LogP contribution in [-0.4, -0.2) is 10.9 Å². The first-order chi connectivity index (χ1) is 10.0. The summed E-state index contributed by atoms with van der Waals surface area (Å²) in [6, 6.07) is 9.96. The molecule has 1 amide bonds.